The number of benzene rings is 1. The van der Waals surface area contributed by atoms with E-state index in [-0.39, 0.29) is 17.5 Å². The van der Waals surface area contributed by atoms with Crippen LogP contribution in [-0.4, -0.2) is 79.9 Å². The molecule has 162 valence electrons. The summed E-state index contributed by atoms with van der Waals surface area (Å²) in [6.07, 6.45) is 1.05. The number of guanidine groups is 1. The minimum absolute atomic E-state index is 0.115. The molecule has 2 fully saturated rings. The lowest BCUT2D eigenvalue weighted by molar-refractivity contribution is -0.0104. The number of hydrogen-bond acceptors (Lipinski definition) is 5. The minimum atomic E-state index is -0.291. The van der Waals surface area contributed by atoms with Gasteiger partial charge in [0.1, 0.15) is 17.7 Å². The molecule has 1 aromatic rings. The maximum atomic E-state index is 13.3. The second kappa shape index (κ2) is 11.0. The summed E-state index contributed by atoms with van der Waals surface area (Å²) in [6, 6.07) is 6.24. The Bertz CT molecular complexity index is 664. The summed E-state index contributed by atoms with van der Waals surface area (Å²) in [4.78, 5) is 7.49. The first-order valence-electron chi connectivity index (χ1n) is 10.5. The third-order valence-electron chi connectivity index (χ3n) is 5.33. The van der Waals surface area contributed by atoms with Gasteiger partial charge in [0, 0.05) is 31.5 Å². The Morgan fingerprint density at radius 2 is 2.21 bits per heavy atom. The van der Waals surface area contributed by atoms with Gasteiger partial charge in [-0.15, -0.1) is 0 Å². The topological polar surface area (TPSA) is 58.1 Å². The summed E-state index contributed by atoms with van der Waals surface area (Å²) in [5.74, 6) is 3.35. The van der Waals surface area contributed by atoms with Crippen molar-refractivity contribution in [1.29, 1.82) is 0 Å². The van der Waals surface area contributed by atoms with Crippen molar-refractivity contribution in [2.75, 3.05) is 57.4 Å². The number of halogens is 1. The lowest BCUT2D eigenvalue weighted by Crippen LogP contribution is -2.56. The van der Waals surface area contributed by atoms with Crippen LogP contribution in [0.15, 0.2) is 29.3 Å². The van der Waals surface area contributed by atoms with Crippen molar-refractivity contribution in [2.24, 2.45) is 4.99 Å². The molecule has 0 saturated carbocycles. The highest BCUT2D eigenvalue weighted by Crippen LogP contribution is 2.34. The van der Waals surface area contributed by atoms with E-state index in [4.69, 9.17) is 14.5 Å². The number of rotatable bonds is 8. The molecular formula is C21H33FN4O2S. The van der Waals surface area contributed by atoms with E-state index in [0.717, 1.165) is 51.1 Å². The van der Waals surface area contributed by atoms with Crippen LogP contribution in [0.4, 0.5) is 4.39 Å². The monoisotopic (exact) mass is 424 g/mol. The molecule has 8 heteroatoms. The Balaban J connectivity index is 1.56. The maximum Gasteiger partial charge on any atom is 0.191 e. The highest BCUT2D eigenvalue weighted by Gasteiger charge is 2.40. The van der Waals surface area contributed by atoms with Gasteiger partial charge in [0.15, 0.2) is 5.96 Å². The number of morpholine rings is 1. The summed E-state index contributed by atoms with van der Waals surface area (Å²) in [5.41, 5.74) is 0.125. The Morgan fingerprint density at radius 1 is 1.38 bits per heavy atom. The Kier molecular flexibility index (Phi) is 8.44. The van der Waals surface area contributed by atoms with E-state index in [1.165, 1.54) is 24.3 Å². The van der Waals surface area contributed by atoms with Gasteiger partial charge in [-0.05, 0) is 38.2 Å². The third-order valence-corrected chi connectivity index (χ3v) is 6.56. The zero-order valence-corrected chi connectivity index (χ0v) is 18.3. The van der Waals surface area contributed by atoms with Crippen LogP contribution in [0.3, 0.4) is 0 Å². The highest BCUT2D eigenvalue weighted by atomic mass is 32.2. The number of hydrogen-bond donors (Lipinski definition) is 2. The second-order valence-corrected chi connectivity index (χ2v) is 8.69. The smallest absolute Gasteiger partial charge is 0.191 e. The molecule has 2 unspecified atom stereocenters. The summed E-state index contributed by atoms with van der Waals surface area (Å²) in [7, 11) is 0. The van der Waals surface area contributed by atoms with Gasteiger partial charge >= 0.3 is 0 Å². The van der Waals surface area contributed by atoms with Crippen LogP contribution in [-0.2, 0) is 4.74 Å². The Morgan fingerprint density at radius 3 is 2.90 bits per heavy atom. The van der Waals surface area contributed by atoms with Gasteiger partial charge < -0.3 is 20.1 Å². The number of nitrogens with one attached hydrogen (secondary N) is 2. The fourth-order valence-electron chi connectivity index (χ4n) is 3.73. The first kappa shape index (κ1) is 22.2. The van der Waals surface area contributed by atoms with Gasteiger partial charge in [-0.25, -0.2) is 4.39 Å². The first-order chi connectivity index (χ1) is 14.1. The van der Waals surface area contributed by atoms with E-state index in [9.17, 15) is 4.39 Å². The molecule has 0 bridgehead atoms. The number of aliphatic imine (C=N–C) groups is 1. The fraction of sp³-hybridized carbons (Fsp3) is 0.667. The van der Waals surface area contributed by atoms with Crippen molar-refractivity contribution in [3.8, 4) is 5.75 Å². The van der Waals surface area contributed by atoms with Crippen molar-refractivity contribution in [1.82, 2.24) is 15.5 Å². The summed E-state index contributed by atoms with van der Waals surface area (Å²) < 4.78 is 24.7. The largest absolute Gasteiger partial charge is 0.489 e. The van der Waals surface area contributed by atoms with E-state index < -0.39 is 0 Å². The number of thioether (sulfide) groups is 1. The molecule has 2 N–H and O–H groups in total. The molecule has 3 rings (SSSR count). The molecule has 2 saturated heterocycles. The zero-order valence-electron chi connectivity index (χ0n) is 17.5. The lowest BCUT2D eigenvalue weighted by Gasteiger charge is -2.42. The van der Waals surface area contributed by atoms with Crippen molar-refractivity contribution >= 4 is 17.7 Å². The second-order valence-electron chi connectivity index (χ2n) is 7.59. The molecule has 0 aromatic heterocycles. The quantitative estimate of drug-likeness (QED) is 0.494. The van der Waals surface area contributed by atoms with Crippen LogP contribution in [0.25, 0.3) is 0 Å². The van der Waals surface area contributed by atoms with Gasteiger partial charge in [-0.1, -0.05) is 6.07 Å². The van der Waals surface area contributed by atoms with Crippen LogP contribution in [0.1, 0.15) is 20.3 Å². The molecule has 2 heterocycles. The zero-order chi connectivity index (χ0) is 20.5. The predicted octanol–water partition coefficient (Wildman–Crippen LogP) is 2.36. The van der Waals surface area contributed by atoms with Crippen LogP contribution >= 0.6 is 11.8 Å². The Labute approximate surface area is 177 Å². The maximum absolute atomic E-state index is 13.3. The summed E-state index contributed by atoms with van der Waals surface area (Å²) >= 11 is 2.02. The Hall–Kier alpha value is -1.51. The molecule has 2 aliphatic heterocycles. The van der Waals surface area contributed by atoms with Gasteiger partial charge in [-0.2, -0.15) is 11.8 Å². The van der Waals surface area contributed by atoms with E-state index in [1.54, 1.807) is 12.1 Å². The van der Waals surface area contributed by atoms with Crippen LogP contribution in [0.2, 0.25) is 0 Å². The van der Waals surface area contributed by atoms with Gasteiger partial charge in [0.25, 0.3) is 0 Å². The van der Waals surface area contributed by atoms with Crippen LogP contribution < -0.4 is 15.4 Å². The molecule has 2 atom stereocenters. The van der Waals surface area contributed by atoms with E-state index in [0.29, 0.717) is 12.3 Å². The third kappa shape index (κ3) is 6.49. The average molecular weight is 425 g/mol. The summed E-state index contributed by atoms with van der Waals surface area (Å²) in [5, 5.41) is 6.70. The molecule has 0 radical (unpaired) electrons. The molecule has 0 spiro atoms. The first-order valence-corrected chi connectivity index (χ1v) is 11.6. The predicted molar refractivity (Wildman–Crippen MR) is 118 cm³/mol. The van der Waals surface area contributed by atoms with Crippen molar-refractivity contribution in [3.05, 3.63) is 30.1 Å². The standard InChI is InChI=1S/C21H33FN4O2S/c1-3-23-20(24-14-17(2)28-19-6-4-5-18(22)13-19)25-15-21(7-12-29-16-21)26-8-10-27-11-9-26/h4-6,13,17H,3,7-12,14-16H2,1-2H3,(H2,23,24,25). The van der Waals surface area contributed by atoms with Gasteiger partial charge in [0.2, 0.25) is 0 Å². The van der Waals surface area contributed by atoms with E-state index in [2.05, 4.69) is 22.5 Å². The molecule has 1 aromatic carbocycles. The van der Waals surface area contributed by atoms with E-state index >= 15 is 0 Å². The molecular weight excluding hydrogens is 391 g/mol. The van der Waals surface area contributed by atoms with Crippen molar-refractivity contribution in [3.63, 3.8) is 0 Å². The van der Waals surface area contributed by atoms with Gasteiger partial charge in [0.05, 0.1) is 31.8 Å². The van der Waals surface area contributed by atoms with Crippen molar-refractivity contribution in [2.45, 2.75) is 31.9 Å². The van der Waals surface area contributed by atoms with Crippen LogP contribution in [0.5, 0.6) is 5.75 Å². The van der Waals surface area contributed by atoms with Crippen molar-refractivity contribution < 1.29 is 13.9 Å². The normalized spacial score (nSPS) is 24.3. The number of nitrogens with zero attached hydrogens (tertiary/aromatic N) is 2. The molecule has 0 amide bonds. The van der Waals surface area contributed by atoms with E-state index in [1.807, 2.05) is 18.7 Å². The van der Waals surface area contributed by atoms with Gasteiger partial charge in [-0.3, -0.25) is 9.89 Å². The lowest BCUT2D eigenvalue weighted by atomic mass is 9.96. The molecule has 0 aliphatic carbocycles. The highest BCUT2D eigenvalue weighted by molar-refractivity contribution is 7.99. The fourth-order valence-corrected chi connectivity index (χ4v) is 5.20. The summed E-state index contributed by atoms with van der Waals surface area (Å²) in [6.45, 7) is 9.77. The van der Waals surface area contributed by atoms with Crippen LogP contribution in [0, 0.1) is 5.82 Å². The number of ether oxygens (including phenoxy) is 2. The molecule has 6 nitrogen and oxygen atoms in total. The SMILES string of the molecule is CCNC(=NCC1(N2CCOCC2)CCSC1)NCC(C)Oc1cccc(F)c1. The molecule has 2 aliphatic rings. The average Bonchev–Trinajstić information content (AvgIpc) is 3.21. The molecule has 29 heavy (non-hydrogen) atoms. The minimum Gasteiger partial charge on any atom is -0.489 e.